The largest absolute Gasteiger partial charge is 0.478 e. The third-order valence-electron chi connectivity index (χ3n) is 6.08. The Bertz CT molecular complexity index is 1330. The Morgan fingerprint density at radius 2 is 1.85 bits per heavy atom. The number of nitrogens with one attached hydrogen (secondary N) is 1. The molecule has 10 heteroatoms. The monoisotopic (exact) mass is 485 g/mol. The molecule has 2 N–H and O–H groups in total. The fourth-order valence-electron chi connectivity index (χ4n) is 3.85. The Morgan fingerprint density at radius 1 is 1.15 bits per heavy atom. The molecule has 3 rings (SSSR count). The number of nitrogens with zero attached hydrogens (tertiary/aromatic N) is 4. The van der Waals surface area contributed by atoms with Crippen molar-refractivity contribution in [2.24, 2.45) is 7.05 Å². The number of pyridine rings is 1. The SMILES string of the molecule is Cc1ccc(S(=O)(=O)Nc2cnc(N(C)CCCc3c(C)nn(C)c3C)c(C(=O)O)c2)cc1C. The van der Waals surface area contributed by atoms with Crippen LogP contribution in [0.1, 0.15) is 44.9 Å². The summed E-state index contributed by atoms with van der Waals surface area (Å²) in [5, 5.41) is 14.2. The van der Waals surface area contributed by atoms with E-state index in [0.29, 0.717) is 6.54 Å². The number of rotatable bonds is 9. The van der Waals surface area contributed by atoms with Crippen LogP contribution in [0.3, 0.4) is 0 Å². The van der Waals surface area contributed by atoms with E-state index in [1.54, 1.807) is 24.1 Å². The van der Waals surface area contributed by atoms with Crippen LogP contribution in [0.4, 0.5) is 11.5 Å². The van der Waals surface area contributed by atoms with Gasteiger partial charge in [-0.2, -0.15) is 5.10 Å². The second-order valence-corrected chi connectivity index (χ2v) is 10.2. The van der Waals surface area contributed by atoms with E-state index in [-0.39, 0.29) is 22.0 Å². The van der Waals surface area contributed by atoms with Crippen molar-refractivity contribution in [1.82, 2.24) is 14.8 Å². The van der Waals surface area contributed by atoms with Gasteiger partial charge in [0, 0.05) is 26.3 Å². The maximum Gasteiger partial charge on any atom is 0.339 e. The lowest BCUT2D eigenvalue weighted by atomic mass is 10.1. The van der Waals surface area contributed by atoms with E-state index in [9.17, 15) is 18.3 Å². The van der Waals surface area contributed by atoms with Crippen LogP contribution < -0.4 is 9.62 Å². The van der Waals surface area contributed by atoms with Gasteiger partial charge in [-0.3, -0.25) is 9.40 Å². The number of sulfonamides is 1. The van der Waals surface area contributed by atoms with Gasteiger partial charge < -0.3 is 10.0 Å². The van der Waals surface area contributed by atoms with Gasteiger partial charge in [-0.15, -0.1) is 0 Å². The lowest BCUT2D eigenvalue weighted by Crippen LogP contribution is -2.23. The Morgan fingerprint density at radius 3 is 2.44 bits per heavy atom. The van der Waals surface area contributed by atoms with Gasteiger partial charge in [0.25, 0.3) is 10.0 Å². The van der Waals surface area contributed by atoms with E-state index in [2.05, 4.69) is 14.8 Å². The molecule has 0 bridgehead atoms. The van der Waals surface area contributed by atoms with E-state index < -0.39 is 16.0 Å². The second-order valence-electron chi connectivity index (χ2n) is 8.55. The summed E-state index contributed by atoms with van der Waals surface area (Å²) in [7, 11) is -0.196. The number of carbonyl (C=O) groups is 1. The van der Waals surface area contributed by atoms with Gasteiger partial charge >= 0.3 is 5.97 Å². The van der Waals surface area contributed by atoms with E-state index in [0.717, 1.165) is 35.4 Å². The van der Waals surface area contributed by atoms with Crippen molar-refractivity contribution < 1.29 is 18.3 Å². The molecule has 0 saturated carbocycles. The molecule has 3 aromatic rings. The van der Waals surface area contributed by atoms with E-state index >= 15 is 0 Å². The lowest BCUT2D eigenvalue weighted by Gasteiger charge is -2.21. The fraction of sp³-hybridized carbons (Fsp3) is 0.375. The number of carboxylic acid groups (broad SMARTS) is 1. The van der Waals surface area contributed by atoms with Gasteiger partial charge in [-0.05, 0) is 75.4 Å². The molecule has 0 amide bonds. The zero-order chi connectivity index (χ0) is 25.2. The molecular formula is C24H31N5O4S. The highest BCUT2D eigenvalue weighted by Crippen LogP contribution is 2.24. The molecule has 0 saturated heterocycles. The third-order valence-corrected chi connectivity index (χ3v) is 7.46. The number of aromatic carboxylic acids is 1. The smallest absolute Gasteiger partial charge is 0.339 e. The van der Waals surface area contributed by atoms with Crippen LogP contribution >= 0.6 is 0 Å². The Kier molecular flexibility index (Phi) is 7.30. The summed E-state index contributed by atoms with van der Waals surface area (Å²) >= 11 is 0. The molecule has 0 aliphatic heterocycles. The zero-order valence-electron chi connectivity index (χ0n) is 20.4. The molecule has 0 unspecified atom stereocenters. The van der Waals surface area contributed by atoms with Gasteiger partial charge in [0.2, 0.25) is 0 Å². The molecule has 182 valence electrons. The third kappa shape index (κ3) is 5.39. The fourth-order valence-corrected chi connectivity index (χ4v) is 4.97. The average molecular weight is 486 g/mol. The Hall–Kier alpha value is -3.40. The van der Waals surface area contributed by atoms with E-state index in [4.69, 9.17) is 0 Å². The molecular weight excluding hydrogens is 454 g/mol. The molecule has 0 spiro atoms. The second kappa shape index (κ2) is 9.84. The van der Waals surface area contributed by atoms with Crippen molar-refractivity contribution in [3.05, 3.63) is 64.1 Å². The molecule has 0 atom stereocenters. The van der Waals surface area contributed by atoms with Gasteiger partial charge in [-0.25, -0.2) is 18.2 Å². The summed E-state index contributed by atoms with van der Waals surface area (Å²) in [5.74, 6) is -0.901. The Balaban J connectivity index is 1.76. The molecule has 0 fully saturated rings. The van der Waals surface area contributed by atoms with Crippen molar-refractivity contribution in [2.45, 2.75) is 45.4 Å². The molecule has 2 heterocycles. The standard InChI is InChI=1S/C24H31N5O4S/c1-15-9-10-20(12-16(15)2)34(32,33)27-19-13-22(24(30)31)23(25-14-19)28(5)11-7-8-21-17(3)26-29(6)18(21)4/h9-10,12-14,27H,7-8,11H2,1-6H3,(H,30,31). The van der Waals surface area contributed by atoms with Crippen LogP contribution in [0.15, 0.2) is 35.4 Å². The number of anilines is 2. The number of hydrogen-bond donors (Lipinski definition) is 2. The van der Waals surface area contributed by atoms with Gasteiger partial charge in [0.05, 0.1) is 22.5 Å². The summed E-state index contributed by atoms with van der Waals surface area (Å²) in [6.45, 7) is 8.32. The molecule has 0 aliphatic rings. The number of carboxylic acids is 1. The van der Waals surface area contributed by atoms with Crippen LogP contribution in [-0.2, 0) is 23.5 Å². The number of aryl methyl sites for hydroxylation is 4. The van der Waals surface area contributed by atoms with Gasteiger partial charge in [-0.1, -0.05) is 6.07 Å². The number of benzene rings is 1. The minimum absolute atomic E-state index is 0.0727. The number of aromatic nitrogens is 3. The predicted octanol–water partition coefficient (Wildman–Crippen LogP) is 3.62. The van der Waals surface area contributed by atoms with E-state index in [1.165, 1.54) is 23.9 Å². The maximum absolute atomic E-state index is 12.8. The quantitative estimate of drug-likeness (QED) is 0.475. The topological polar surface area (TPSA) is 117 Å². The first-order valence-electron chi connectivity index (χ1n) is 10.9. The first-order chi connectivity index (χ1) is 15.9. The van der Waals surface area contributed by atoms with Crippen LogP contribution in [0.25, 0.3) is 0 Å². The molecule has 2 aromatic heterocycles. The minimum Gasteiger partial charge on any atom is -0.478 e. The lowest BCUT2D eigenvalue weighted by molar-refractivity contribution is 0.0697. The minimum atomic E-state index is -3.88. The van der Waals surface area contributed by atoms with Crippen molar-refractivity contribution in [1.29, 1.82) is 0 Å². The highest BCUT2D eigenvalue weighted by atomic mass is 32.2. The van der Waals surface area contributed by atoms with Crippen LogP contribution in [0, 0.1) is 27.7 Å². The summed E-state index contributed by atoms with van der Waals surface area (Å²) < 4.78 is 29.9. The van der Waals surface area contributed by atoms with Crippen molar-refractivity contribution in [3.8, 4) is 0 Å². The molecule has 9 nitrogen and oxygen atoms in total. The van der Waals surface area contributed by atoms with Gasteiger partial charge in [0.1, 0.15) is 11.4 Å². The molecule has 0 radical (unpaired) electrons. The van der Waals surface area contributed by atoms with Crippen LogP contribution in [-0.4, -0.2) is 47.9 Å². The highest BCUT2D eigenvalue weighted by Gasteiger charge is 2.20. The molecule has 0 aliphatic carbocycles. The summed E-state index contributed by atoms with van der Waals surface area (Å²) in [5.41, 5.74) is 5.15. The predicted molar refractivity (Wildman–Crippen MR) is 132 cm³/mol. The number of hydrogen-bond acceptors (Lipinski definition) is 6. The van der Waals surface area contributed by atoms with Gasteiger partial charge in [0.15, 0.2) is 0 Å². The first kappa shape index (κ1) is 25.2. The van der Waals surface area contributed by atoms with Crippen LogP contribution in [0.2, 0.25) is 0 Å². The summed E-state index contributed by atoms with van der Waals surface area (Å²) in [6.07, 6.45) is 2.93. The summed E-state index contributed by atoms with van der Waals surface area (Å²) in [6, 6.07) is 6.13. The van der Waals surface area contributed by atoms with Crippen LogP contribution in [0.5, 0.6) is 0 Å². The first-order valence-corrected chi connectivity index (χ1v) is 12.4. The van der Waals surface area contributed by atoms with E-state index in [1.807, 2.05) is 39.4 Å². The zero-order valence-corrected chi connectivity index (χ0v) is 21.2. The highest BCUT2D eigenvalue weighted by molar-refractivity contribution is 7.92. The summed E-state index contributed by atoms with van der Waals surface area (Å²) in [4.78, 5) is 18.1. The normalized spacial score (nSPS) is 11.5. The molecule has 1 aromatic carbocycles. The average Bonchev–Trinajstić information content (AvgIpc) is 3.00. The molecule has 34 heavy (non-hydrogen) atoms. The van der Waals surface area contributed by atoms with Crippen molar-refractivity contribution >= 4 is 27.5 Å². The maximum atomic E-state index is 12.8. The Labute approximate surface area is 200 Å². The van der Waals surface area contributed by atoms with Crippen molar-refractivity contribution in [2.75, 3.05) is 23.2 Å². The van der Waals surface area contributed by atoms with Crippen molar-refractivity contribution in [3.63, 3.8) is 0 Å².